The predicted octanol–water partition coefficient (Wildman–Crippen LogP) is 9.19. The molecule has 0 fully saturated rings. The second kappa shape index (κ2) is 13.0. The molecule has 1 radical (unpaired) electrons. The summed E-state index contributed by atoms with van der Waals surface area (Å²) in [6, 6.07) is 41.3. The van der Waals surface area contributed by atoms with Crippen molar-refractivity contribution in [2.45, 2.75) is 26.6 Å². The van der Waals surface area contributed by atoms with Crippen LogP contribution >= 0.6 is 0 Å². The van der Waals surface area contributed by atoms with Gasteiger partial charge >= 0.3 is 0 Å². The van der Waals surface area contributed by atoms with Gasteiger partial charge in [0.25, 0.3) is 0 Å². The van der Waals surface area contributed by atoms with E-state index >= 15 is 0 Å². The topological polar surface area (TPSA) is 56.7 Å². The van der Waals surface area contributed by atoms with Gasteiger partial charge in [-0.15, -0.1) is 54.1 Å². The average molecular weight is 793 g/mol. The third-order valence-electron chi connectivity index (χ3n) is 7.94. The van der Waals surface area contributed by atoms with Crippen LogP contribution in [0.1, 0.15) is 5.56 Å². The summed E-state index contributed by atoms with van der Waals surface area (Å²) in [4.78, 5) is 13.7. The van der Waals surface area contributed by atoms with Crippen molar-refractivity contribution in [3.8, 4) is 28.3 Å². The molecule has 0 bridgehead atoms. The van der Waals surface area contributed by atoms with Crippen molar-refractivity contribution in [3.63, 3.8) is 0 Å². The quantitative estimate of drug-likeness (QED) is 0.132. The Hall–Kier alpha value is -4.68. The van der Waals surface area contributed by atoms with E-state index in [1.807, 2.05) is 86.0 Å². The molecular formula is C39H32IrN4OSi-2. The van der Waals surface area contributed by atoms with Gasteiger partial charge in [0.15, 0.2) is 0 Å². The minimum atomic E-state index is -1.45. The first kappa shape index (κ1) is 31.3. The molecule has 4 aromatic carbocycles. The van der Waals surface area contributed by atoms with Gasteiger partial charge in [-0.1, -0.05) is 78.2 Å². The second-order valence-electron chi connectivity index (χ2n) is 12.1. The summed E-state index contributed by atoms with van der Waals surface area (Å²) >= 11 is 0. The minimum Gasteiger partial charge on any atom is -0.501 e. The molecule has 0 amide bonds. The number of aromatic nitrogens is 4. The summed E-state index contributed by atoms with van der Waals surface area (Å²) in [6.07, 6.45) is 5.53. The van der Waals surface area contributed by atoms with E-state index in [1.54, 1.807) is 6.20 Å². The zero-order chi connectivity index (χ0) is 31.0. The van der Waals surface area contributed by atoms with E-state index in [-0.39, 0.29) is 20.1 Å². The molecule has 0 aliphatic carbocycles. The van der Waals surface area contributed by atoms with Crippen LogP contribution in [0.2, 0.25) is 19.6 Å². The van der Waals surface area contributed by atoms with Crippen LogP contribution in [0.25, 0.3) is 61.3 Å². The van der Waals surface area contributed by atoms with Gasteiger partial charge in [0.1, 0.15) is 5.58 Å². The summed E-state index contributed by atoms with van der Waals surface area (Å²) < 4.78 is 8.67. The number of imidazole rings is 1. The van der Waals surface area contributed by atoms with Crippen LogP contribution < -0.4 is 5.19 Å². The Morgan fingerprint density at radius 3 is 2.33 bits per heavy atom. The summed E-state index contributed by atoms with van der Waals surface area (Å²) in [6.45, 7) is 9.11. The second-order valence-corrected chi connectivity index (χ2v) is 17.2. The molecular weight excluding hydrogens is 761 g/mol. The number of rotatable bonds is 4. The molecule has 0 aliphatic rings. The molecule has 0 unspecified atom stereocenters. The van der Waals surface area contributed by atoms with E-state index in [1.165, 1.54) is 5.19 Å². The van der Waals surface area contributed by atoms with Crippen molar-refractivity contribution in [3.05, 3.63) is 139 Å². The number of benzene rings is 4. The standard InChI is InChI=1S/C28H24N3OSi.C11H8N.Ir/c1-18-16-29-17-24-26(18)30-28(31(24)19-9-6-5-7-10-19)23-12-8-11-22-21-14-13-20(33(2,3)4)15-25(21)32-27(22)23;1-2-6-10(7-3-1)11-8-4-5-9-12-11;/h5-11,13-17H,1-4H3;1-6,8-9H;/q2*-1;. The maximum Gasteiger partial charge on any atom is 0.120 e. The summed E-state index contributed by atoms with van der Waals surface area (Å²) in [5.74, 6) is 0.808. The zero-order valence-corrected chi connectivity index (χ0v) is 29.5. The number of pyridine rings is 2. The number of hydrogen-bond donors (Lipinski definition) is 0. The van der Waals surface area contributed by atoms with E-state index in [2.05, 4.69) is 82.7 Å². The molecule has 4 aromatic heterocycles. The van der Waals surface area contributed by atoms with E-state index in [9.17, 15) is 0 Å². The molecule has 0 aliphatic heterocycles. The van der Waals surface area contributed by atoms with E-state index < -0.39 is 8.07 Å². The van der Waals surface area contributed by atoms with Crippen LogP contribution in [0, 0.1) is 19.1 Å². The molecule has 229 valence electrons. The molecule has 0 saturated carbocycles. The molecule has 0 N–H and O–H groups in total. The molecule has 0 saturated heterocycles. The Bertz CT molecular complexity index is 2220. The van der Waals surface area contributed by atoms with E-state index in [0.29, 0.717) is 0 Å². The van der Waals surface area contributed by atoms with Crippen molar-refractivity contribution in [1.29, 1.82) is 0 Å². The molecule has 7 heteroatoms. The molecule has 8 aromatic rings. The molecule has 46 heavy (non-hydrogen) atoms. The van der Waals surface area contributed by atoms with Gasteiger partial charge in [-0.3, -0.25) is 9.97 Å². The van der Waals surface area contributed by atoms with Gasteiger partial charge in [-0.25, -0.2) is 0 Å². The van der Waals surface area contributed by atoms with Crippen molar-refractivity contribution in [2.24, 2.45) is 0 Å². The number of furan rings is 1. The number of hydrogen-bond acceptors (Lipinski definition) is 4. The Morgan fingerprint density at radius 2 is 1.59 bits per heavy atom. The maximum atomic E-state index is 6.51. The zero-order valence-electron chi connectivity index (χ0n) is 26.1. The SMILES string of the molecule is Cc1cncc2c1nc(-c1[c-]ccc3c1oc1cc([Si](C)(C)C)ccc13)n2-c1ccccc1.[Ir].[c-]1ccccc1-c1ccccn1. The Labute approximate surface area is 283 Å². The van der Waals surface area contributed by atoms with E-state index in [0.717, 1.165) is 66.9 Å². The number of nitrogens with zero attached hydrogens (tertiary/aromatic N) is 4. The van der Waals surface area contributed by atoms with Gasteiger partial charge in [0, 0.05) is 43.6 Å². The van der Waals surface area contributed by atoms with Crippen LogP contribution in [-0.2, 0) is 20.1 Å². The van der Waals surface area contributed by atoms with Gasteiger partial charge in [-0.05, 0) is 42.4 Å². The van der Waals surface area contributed by atoms with Gasteiger partial charge in [-0.2, -0.15) is 0 Å². The third kappa shape index (κ3) is 5.97. The number of aryl methyl sites for hydroxylation is 1. The first-order chi connectivity index (χ1) is 21.9. The van der Waals surface area contributed by atoms with Gasteiger partial charge < -0.3 is 14.0 Å². The first-order valence-corrected chi connectivity index (χ1v) is 18.5. The smallest absolute Gasteiger partial charge is 0.120 e. The van der Waals surface area contributed by atoms with Gasteiger partial charge in [0.2, 0.25) is 0 Å². The summed E-state index contributed by atoms with van der Waals surface area (Å²) in [5.41, 5.74) is 8.59. The summed E-state index contributed by atoms with van der Waals surface area (Å²) in [7, 11) is -1.45. The predicted molar refractivity (Wildman–Crippen MR) is 187 cm³/mol. The molecule has 8 rings (SSSR count). The van der Waals surface area contributed by atoms with Crippen LogP contribution in [0.4, 0.5) is 0 Å². The number of fused-ring (bicyclic) bond motifs is 4. The average Bonchev–Trinajstić information content (AvgIpc) is 3.65. The first-order valence-electron chi connectivity index (χ1n) is 15.0. The van der Waals surface area contributed by atoms with Crippen LogP contribution in [-0.4, -0.2) is 27.6 Å². The van der Waals surface area contributed by atoms with Crippen LogP contribution in [0.5, 0.6) is 0 Å². The molecule has 5 nitrogen and oxygen atoms in total. The van der Waals surface area contributed by atoms with Crippen molar-refractivity contribution in [1.82, 2.24) is 19.5 Å². The van der Waals surface area contributed by atoms with Gasteiger partial charge in [0.05, 0.1) is 36.7 Å². The fourth-order valence-corrected chi connectivity index (χ4v) is 6.73. The van der Waals surface area contributed by atoms with Crippen molar-refractivity contribution < 1.29 is 24.5 Å². The monoisotopic (exact) mass is 793 g/mol. The molecule has 0 atom stereocenters. The van der Waals surface area contributed by atoms with Crippen molar-refractivity contribution >= 4 is 46.2 Å². The van der Waals surface area contributed by atoms with Crippen LogP contribution in [0.3, 0.4) is 0 Å². The molecule has 4 heterocycles. The summed E-state index contributed by atoms with van der Waals surface area (Å²) in [5, 5.41) is 3.60. The van der Waals surface area contributed by atoms with Crippen molar-refractivity contribution in [2.75, 3.05) is 0 Å². The van der Waals surface area contributed by atoms with E-state index in [4.69, 9.17) is 9.40 Å². The number of para-hydroxylation sites is 1. The Morgan fingerprint density at radius 1 is 0.783 bits per heavy atom. The normalized spacial score (nSPS) is 11.3. The largest absolute Gasteiger partial charge is 0.501 e. The minimum absolute atomic E-state index is 0. The fourth-order valence-electron chi connectivity index (χ4n) is 5.58. The third-order valence-corrected chi connectivity index (χ3v) is 9.98. The Balaban J connectivity index is 0.000000241. The Kier molecular flexibility index (Phi) is 8.83. The van der Waals surface area contributed by atoms with Crippen LogP contribution in [0.15, 0.2) is 126 Å². The fraction of sp³-hybridized carbons (Fsp3) is 0.103. The molecule has 0 spiro atoms. The maximum absolute atomic E-state index is 6.51.